The Morgan fingerprint density at radius 3 is 2.77 bits per heavy atom. The smallest absolute Gasteiger partial charge is 0.244 e. The van der Waals surface area contributed by atoms with Crippen LogP contribution in [0, 0.1) is 12.7 Å². The van der Waals surface area contributed by atoms with Gasteiger partial charge in [0.25, 0.3) is 0 Å². The molecule has 1 amide bonds. The number of carbonyl (C=O) groups excluding carboxylic acids is 1. The highest BCUT2D eigenvalue weighted by atomic mass is 19.1. The van der Waals surface area contributed by atoms with Crippen LogP contribution in [0.5, 0.6) is 0 Å². The number of hydrogen-bond acceptors (Lipinski definition) is 3. The van der Waals surface area contributed by atoms with Gasteiger partial charge in [0.2, 0.25) is 5.91 Å². The van der Waals surface area contributed by atoms with Crippen LogP contribution in [0.2, 0.25) is 0 Å². The average Bonchev–Trinajstić information content (AvgIpc) is 3.15. The maximum atomic E-state index is 14.0. The minimum atomic E-state index is -0.336. The predicted octanol–water partition coefficient (Wildman–Crippen LogP) is 2.72. The molecule has 0 spiro atoms. The first-order chi connectivity index (χ1) is 10.6. The molecular weight excluding hydrogens is 283 g/mol. The fourth-order valence-corrected chi connectivity index (χ4v) is 3.57. The van der Waals surface area contributed by atoms with E-state index in [4.69, 9.17) is 4.42 Å². The summed E-state index contributed by atoms with van der Waals surface area (Å²) >= 11 is 0. The lowest BCUT2D eigenvalue weighted by molar-refractivity contribution is -0.122. The lowest BCUT2D eigenvalue weighted by Crippen LogP contribution is -2.50. The molecule has 1 aromatic carbocycles. The predicted molar refractivity (Wildman–Crippen MR) is 79.9 cm³/mol. The number of hydrogen-bond donors (Lipinski definition) is 0. The Labute approximate surface area is 128 Å². The molecule has 2 bridgehead atoms. The van der Waals surface area contributed by atoms with Crippen LogP contribution in [0.25, 0.3) is 0 Å². The fraction of sp³-hybridized carbons (Fsp3) is 0.353. The van der Waals surface area contributed by atoms with E-state index in [1.165, 1.54) is 6.07 Å². The molecule has 0 N–H and O–H groups in total. The molecule has 2 atom stereocenters. The molecule has 22 heavy (non-hydrogen) atoms. The van der Waals surface area contributed by atoms with Gasteiger partial charge >= 0.3 is 0 Å². The van der Waals surface area contributed by atoms with Gasteiger partial charge in [-0.25, -0.2) is 4.39 Å². The monoisotopic (exact) mass is 300 g/mol. The quantitative estimate of drug-likeness (QED) is 0.874. The highest BCUT2D eigenvalue weighted by Crippen LogP contribution is 2.37. The van der Waals surface area contributed by atoms with Crippen LogP contribution in [0.4, 0.5) is 10.1 Å². The highest BCUT2D eigenvalue weighted by Gasteiger charge is 2.50. The van der Waals surface area contributed by atoms with Gasteiger partial charge in [0, 0.05) is 6.54 Å². The van der Waals surface area contributed by atoms with E-state index in [2.05, 4.69) is 4.90 Å². The summed E-state index contributed by atoms with van der Waals surface area (Å²) in [5.41, 5.74) is 0.397. The van der Waals surface area contributed by atoms with E-state index < -0.39 is 0 Å². The number of rotatable bonds is 3. The largest absolute Gasteiger partial charge is 0.465 e. The molecule has 2 fully saturated rings. The summed E-state index contributed by atoms with van der Waals surface area (Å²) in [4.78, 5) is 16.4. The van der Waals surface area contributed by atoms with Crippen LogP contribution in [-0.2, 0) is 11.3 Å². The first-order valence-electron chi connectivity index (χ1n) is 7.50. The number of aryl methyl sites for hydroxylation is 1. The molecule has 2 aliphatic rings. The summed E-state index contributed by atoms with van der Waals surface area (Å²) in [5.74, 6) is 1.40. The van der Waals surface area contributed by atoms with E-state index >= 15 is 0 Å². The zero-order valence-corrected chi connectivity index (χ0v) is 12.3. The lowest BCUT2D eigenvalue weighted by atomic mass is 10.2. The first kappa shape index (κ1) is 13.5. The van der Waals surface area contributed by atoms with Gasteiger partial charge < -0.3 is 9.32 Å². The van der Waals surface area contributed by atoms with Crippen molar-refractivity contribution in [2.75, 3.05) is 11.4 Å². The van der Waals surface area contributed by atoms with Gasteiger partial charge in [-0.2, -0.15) is 0 Å². The number of carbonyl (C=O) groups is 1. The Morgan fingerprint density at radius 1 is 1.27 bits per heavy atom. The van der Waals surface area contributed by atoms with Crippen LogP contribution in [0.15, 0.2) is 40.8 Å². The molecule has 0 aliphatic carbocycles. The van der Waals surface area contributed by atoms with Crippen molar-refractivity contribution in [1.29, 1.82) is 0 Å². The van der Waals surface area contributed by atoms with Crippen molar-refractivity contribution in [1.82, 2.24) is 4.90 Å². The van der Waals surface area contributed by atoms with Crippen molar-refractivity contribution in [2.45, 2.75) is 32.0 Å². The minimum Gasteiger partial charge on any atom is -0.465 e. The van der Waals surface area contributed by atoms with Gasteiger partial charge in [-0.15, -0.1) is 0 Å². The molecule has 4 rings (SSSR count). The van der Waals surface area contributed by atoms with Gasteiger partial charge in [-0.05, 0) is 37.6 Å². The Morgan fingerprint density at radius 2 is 2.09 bits per heavy atom. The number of nitrogens with zero attached hydrogens (tertiary/aromatic N) is 2. The SMILES string of the molecule is Cc1ccc(CN2C[C@@H]3C[C@H]2C(=O)N3c2ccccc2F)o1. The molecule has 0 radical (unpaired) electrons. The topological polar surface area (TPSA) is 36.7 Å². The van der Waals surface area contributed by atoms with E-state index in [1.807, 2.05) is 19.1 Å². The Hall–Kier alpha value is -2.14. The number of para-hydroxylation sites is 1. The zero-order valence-electron chi connectivity index (χ0n) is 12.3. The van der Waals surface area contributed by atoms with Crippen molar-refractivity contribution in [2.24, 2.45) is 0 Å². The molecule has 2 saturated heterocycles. The molecule has 114 valence electrons. The standard InChI is InChI=1S/C17H17FN2O2/c1-11-6-7-13(22-11)10-19-9-12-8-16(19)17(21)20(12)15-5-3-2-4-14(15)18/h2-7,12,16H,8-10H2,1H3/t12-,16-/m0/s1. The van der Waals surface area contributed by atoms with E-state index in [9.17, 15) is 9.18 Å². The Kier molecular flexibility index (Phi) is 3.04. The second kappa shape index (κ2) is 4.95. The Bertz CT molecular complexity index is 727. The summed E-state index contributed by atoms with van der Waals surface area (Å²) in [7, 11) is 0. The second-order valence-corrected chi connectivity index (χ2v) is 6.01. The number of anilines is 1. The summed E-state index contributed by atoms with van der Waals surface area (Å²) in [5, 5.41) is 0. The van der Waals surface area contributed by atoms with Crippen LogP contribution >= 0.6 is 0 Å². The van der Waals surface area contributed by atoms with E-state index in [0.29, 0.717) is 12.2 Å². The second-order valence-electron chi connectivity index (χ2n) is 6.01. The third-order valence-corrected chi connectivity index (χ3v) is 4.54. The van der Waals surface area contributed by atoms with Crippen molar-refractivity contribution in [3.63, 3.8) is 0 Å². The fourth-order valence-electron chi connectivity index (χ4n) is 3.57. The van der Waals surface area contributed by atoms with Gasteiger partial charge in [0.15, 0.2) is 0 Å². The van der Waals surface area contributed by atoms with Crippen molar-refractivity contribution in [3.05, 3.63) is 53.7 Å². The van der Waals surface area contributed by atoms with Crippen LogP contribution < -0.4 is 4.90 Å². The number of likely N-dealkylation sites (tertiary alicyclic amines) is 1. The van der Waals surface area contributed by atoms with E-state index in [-0.39, 0.29) is 23.8 Å². The molecule has 2 aromatic rings. The Balaban J connectivity index is 1.54. The third-order valence-electron chi connectivity index (χ3n) is 4.54. The summed E-state index contributed by atoms with van der Waals surface area (Å²) in [6.45, 7) is 3.29. The number of piperazine rings is 1. The average molecular weight is 300 g/mol. The summed E-state index contributed by atoms with van der Waals surface area (Å²) in [6, 6.07) is 10.2. The van der Waals surface area contributed by atoms with Crippen LogP contribution in [0.3, 0.4) is 0 Å². The van der Waals surface area contributed by atoms with Crippen molar-refractivity contribution < 1.29 is 13.6 Å². The number of furan rings is 1. The lowest BCUT2D eigenvalue weighted by Gasteiger charge is -2.33. The molecular formula is C17H17FN2O2. The number of amides is 1. The first-order valence-corrected chi connectivity index (χ1v) is 7.50. The number of halogens is 1. The maximum absolute atomic E-state index is 14.0. The maximum Gasteiger partial charge on any atom is 0.244 e. The van der Waals surface area contributed by atoms with Gasteiger partial charge in [0.1, 0.15) is 17.3 Å². The van der Waals surface area contributed by atoms with E-state index in [0.717, 1.165) is 24.5 Å². The highest BCUT2D eigenvalue weighted by molar-refractivity contribution is 6.01. The zero-order chi connectivity index (χ0) is 15.3. The molecule has 2 aliphatic heterocycles. The van der Waals surface area contributed by atoms with Gasteiger partial charge in [-0.3, -0.25) is 9.69 Å². The van der Waals surface area contributed by atoms with Crippen LogP contribution in [-0.4, -0.2) is 29.4 Å². The minimum absolute atomic E-state index is 0.00960. The summed E-state index contributed by atoms with van der Waals surface area (Å²) in [6.07, 6.45) is 0.757. The normalized spacial score (nSPS) is 24.5. The third kappa shape index (κ3) is 2.04. The number of fused-ring (bicyclic) bond motifs is 2. The van der Waals surface area contributed by atoms with E-state index in [1.54, 1.807) is 23.1 Å². The molecule has 5 heteroatoms. The summed E-state index contributed by atoms with van der Waals surface area (Å²) < 4.78 is 19.6. The van der Waals surface area contributed by atoms with Gasteiger partial charge in [0.05, 0.1) is 24.3 Å². The number of benzene rings is 1. The molecule has 0 saturated carbocycles. The van der Waals surface area contributed by atoms with Gasteiger partial charge in [-0.1, -0.05) is 12.1 Å². The van der Waals surface area contributed by atoms with Crippen LogP contribution in [0.1, 0.15) is 17.9 Å². The van der Waals surface area contributed by atoms with Crippen molar-refractivity contribution in [3.8, 4) is 0 Å². The molecule has 4 nitrogen and oxygen atoms in total. The van der Waals surface area contributed by atoms with Crippen molar-refractivity contribution >= 4 is 11.6 Å². The molecule has 0 unspecified atom stereocenters. The molecule has 3 heterocycles. The molecule has 1 aromatic heterocycles.